The average Bonchev–Trinajstić information content (AvgIpc) is 3.22. The molecule has 11 heteroatoms. The maximum absolute atomic E-state index is 13.7. The number of anilines is 1. The van der Waals surface area contributed by atoms with Gasteiger partial charge in [-0.25, -0.2) is 4.98 Å². The van der Waals surface area contributed by atoms with Crippen molar-refractivity contribution in [3.63, 3.8) is 0 Å². The molecule has 3 heterocycles. The third kappa shape index (κ3) is 5.65. The van der Waals surface area contributed by atoms with E-state index in [1.54, 1.807) is 22.9 Å². The average molecular weight is 550 g/mol. The lowest BCUT2D eigenvalue weighted by Crippen LogP contribution is -2.39. The number of hydrogen-bond acceptors (Lipinski definition) is 8. The number of aromatic nitrogens is 3. The number of nitrogens with zero attached hydrogens (tertiary/aromatic N) is 3. The van der Waals surface area contributed by atoms with Crippen LogP contribution in [-0.2, 0) is 4.74 Å². The second kappa shape index (κ2) is 11.9. The number of nitrogens with one attached hydrogen (secondary N) is 1. The fraction of sp³-hybridized carbons (Fsp3) is 0.500. The van der Waals surface area contributed by atoms with E-state index in [0.29, 0.717) is 52.8 Å². The first-order valence-corrected chi connectivity index (χ1v) is 13.1. The van der Waals surface area contributed by atoms with Gasteiger partial charge in [0.15, 0.2) is 0 Å². The van der Waals surface area contributed by atoms with E-state index >= 15 is 0 Å². The normalized spacial score (nSPS) is 18.8. The summed E-state index contributed by atoms with van der Waals surface area (Å²) in [6.07, 6.45) is 7.65. The molecule has 2 aliphatic rings. The van der Waals surface area contributed by atoms with Gasteiger partial charge in [-0.1, -0.05) is 48.9 Å². The molecule has 5 rings (SSSR count). The molecule has 200 valence electrons. The minimum Gasteiger partial charge on any atom is -0.495 e. The van der Waals surface area contributed by atoms with Crippen LogP contribution in [0.25, 0.3) is 22.2 Å². The molecule has 2 unspecified atom stereocenters. The number of benzene rings is 1. The number of ether oxygens (including phenoxy) is 3. The highest BCUT2D eigenvalue weighted by Gasteiger charge is 2.27. The van der Waals surface area contributed by atoms with E-state index in [1.165, 1.54) is 39.9 Å². The number of rotatable bonds is 6. The van der Waals surface area contributed by atoms with Crippen LogP contribution in [0.3, 0.4) is 0 Å². The first-order chi connectivity index (χ1) is 17.8. The molecule has 1 saturated carbocycles. The molecule has 0 radical (unpaired) electrons. The van der Waals surface area contributed by atoms with Crippen molar-refractivity contribution in [2.45, 2.75) is 57.7 Å². The number of halogens is 2. The van der Waals surface area contributed by atoms with Crippen molar-refractivity contribution in [2.24, 2.45) is 5.73 Å². The molecule has 3 N–H and O–H groups in total. The van der Waals surface area contributed by atoms with Crippen LogP contribution in [0.2, 0.25) is 10.0 Å². The molecule has 1 aliphatic heterocycles. The lowest BCUT2D eigenvalue weighted by atomic mass is 10.0. The number of hydrogen-bond donors (Lipinski definition) is 2. The maximum atomic E-state index is 13.7. The molecule has 0 amide bonds. The van der Waals surface area contributed by atoms with E-state index in [4.69, 9.17) is 43.1 Å². The van der Waals surface area contributed by atoms with Gasteiger partial charge in [-0.15, -0.1) is 0 Å². The van der Waals surface area contributed by atoms with Crippen molar-refractivity contribution in [1.82, 2.24) is 14.5 Å². The lowest BCUT2D eigenvalue weighted by Gasteiger charge is -2.19. The zero-order valence-electron chi connectivity index (χ0n) is 21.5. The molecule has 2 fully saturated rings. The molecule has 37 heavy (non-hydrogen) atoms. The lowest BCUT2D eigenvalue weighted by molar-refractivity contribution is 0.192. The summed E-state index contributed by atoms with van der Waals surface area (Å²) >= 11 is 13.2. The molecule has 3 aromatic rings. The summed E-state index contributed by atoms with van der Waals surface area (Å²) in [6, 6.07) is 2.78. The van der Waals surface area contributed by atoms with Gasteiger partial charge in [0, 0.05) is 29.3 Å². The topological polar surface area (TPSA) is 114 Å². The minimum atomic E-state index is -0.304. The van der Waals surface area contributed by atoms with Crippen LogP contribution in [0, 0.1) is 0 Å². The number of methoxy groups -OCH3 is 2. The highest BCUT2D eigenvalue weighted by molar-refractivity contribution is 6.41. The zero-order chi connectivity index (χ0) is 26.7. The molecular formula is C26H33Cl2N5O4. The molecular weight excluding hydrogens is 517 g/mol. The Labute approximate surface area is 226 Å². The Kier molecular flexibility index (Phi) is 8.79. The molecule has 2 atom stereocenters. The predicted molar refractivity (Wildman–Crippen MR) is 147 cm³/mol. The minimum absolute atomic E-state index is 0.109. The second-order valence-electron chi connectivity index (χ2n) is 9.45. The molecule has 1 aromatic carbocycles. The maximum Gasteiger partial charge on any atom is 0.260 e. The van der Waals surface area contributed by atoms with Crippen LogP contribution in [-0.4, -0.2) is 54.1 Å². The summed E-state index contributed by atoms with van der Waals surface area (Å²) in [6.45, 7) is 4.73. The molecule has 0 spiro atoms. The van der Waals surface area contributed by atoms with Crippen molar-refractivity contribution in [2.75, 3.05) is 32.8 Å². The molecule has 1 saturated heterocycles. The van der Waals surface area contributed by atoms with Crippen LogP contribution in [0.5, 0.6) is 11.5 Å². The van der Waals surface area contributed by atoms with Crippen molar-refractivity contribution < 1.29 is 14.2 Å². The Morgan fingerprint density at radius 1 is 1.08 bits per heavy atom. The van der Waals surface area contributed by atoms with E-state index in [1.807, 2.05) is 13.8 Å². The summed E-state index contributed by atoms with van der Waals surface area (Å²) in [5.41, 5.74) is 6.85. The standard InChI is InChI=1S/C22H25Cl2N5O4.C4H8/c1-10(2)29-20-11(7-26-22(28-20)27-14-9-33-8-13(14)25)5-12(21(29)30)17-18(23)15(31-3)6-16(32-4)19(17)24;1-2-4-3-1/h5-7,10,13-14H,8-9,25H2,1-4H3,(H,26,27,28);1-4H2. The summed E-state index contributed by atoms with van der Waals surface area (Å²) in [5, 5.41) is 4.27. The van der Waals surface area contributed by atoms with Gasteiger partial charge in [0.1, 0.15) is 17.1 Å². The monoisotopic (exact) mass is 549 g/mol. The Balaban J connectivity index is 0.000000730. The Hall–Kier alpha value is -2.59. The zero-order valence-corrected chi connectivity index (χ0v) is 23.0. The van der Waals surface area contributed by atoms with Crippen LogP contribution >= 0.6 is 23.2 Å². The largest absolute Gasteiger partial charge is 0.495 e. The smallest absolute Gasteiger partial charge is 0.260 e. The van der Waals surface area contributed by atoms with Crippen molar-refractivity contribution in [3.8, 4) is 22.6 Å². The van der Waals surface area contributed by atoms with Crippen LogP contribution < -0.4 is 26.1 Å². The fourth-order valence-corrected chi connectivity index (χ4v) is 4.81. The first kappa shape index (κ1) is 27.4. The van der Waals surface area contributed by atoms with Gasteiger partial charge in [-0.05, 0) is 19.9 Å². The van der Waals surface area contributed by atoms with Crippen LogP contribution in [0.15, 0.2) is 23.1 Å². The van der Waals surface area contributed by atoms with Crippen molar-refractivity contribution in [3.05, 3.63) is 38.7 Å². The third-order valence-electron chi connectivity index (χ3n) is 6.57. The Morgan fingerprint density at radius 2 is 1.70 bits per heavy atom. The number of pyridine rings is 1. The molecule has 1 aliphatic carbocycles. The van der Waals surface area contributed by atoms with E-state index in [2.05, 4.69) is 15.3 Å². The SMILES string of the molecule is C1CCC1.COc1cc(OC)c(Cl)c(-c2cc3cnc(NC4COCC4N)nc3n(C(C)C)c2=O)c1Cl. The fourth-order valence-electron chi connectivity index (χ4n) is 4.11. The van der Waals surface area contributed by atoms with Gasteiger partial charge < -0.3 is 25.3 Å². The van der Waals surface area contributed by atoms with Crippen LogP contribution in [0.1, 0.15) is 45.6 Å². The van der Waals surface area contributed by atoms with Gasteiger partial charge in [-0.2, -0.15) is 4.98 Å². The van der Waals surface area contributed by atoms with Crippen LogP contribution in [0.4, 0.5) is 5.95 Å². The molecule has 0 bridgehead atoms. The van der Waals surface area contributed by atoms with Crippen molar-refractivity contribution in [1.29, 1.82) is 0 Å². The third-order valence-corrected chi connectivity index (χ3v) is 7.32. The molecule has 2 aromatic heterocycles. The highest BCUT2D eigenvalue weighted by Crippen LogP contribution is 2.45. The summed E-state index contributed by atoms with van der Waals surface area (Å²) in [7, 11) is 2.96. The Bertz CT molecular complexity index is 1290. The summed E-state index contributed by atoms with van der Waals surface area (Å²) in [5.74, 6) is 1.05. The van der Waals surface area contributed by atoms with E-state index in [0.717, 1.165) is 0 Å². The quantitative estimate of drug-likeness (QED) is 0.438. The second-order valence-corrected chi connectivity index (χ2v) is 10.2. The predicted octanol–water partition coefficient (Wildman–Crippen LogP) is 5.06. The van der Waals surface area contributed by atoms with Gasteiger partial charge in [-0.3, -0.25) is 9.36 Å². The van der Waals surface area contributed by atoms with Gasteiger partial charge >= 0.3 is 0 Å². The van der Waals surface area contributed by atoms with Gasteiger partial charge in [0.05, 0.1) is 55.1 Å². The Morgan fingerprint density at radius 3 is 2.19 bits per heavy atom. The van der Waals surface area contributed by atoms with Crippen molar-refractivity contribution >= 4 is 40.2 Å². The summed E-state index contributed by atoms with van der Waals surface area (Å²) in [4.78, 5) is 22.7. The van der Waals surface area contributed by atoms with E-state index in [-0.39, 0.29) is 33.7 Å². The molecule has 9 nitrogen and oxygen atoms in total. The first-order valence-electron chi connectivity index (χ1n) is 12.4. The van der Waals surface area contributed by atoms with E-state index < -0.39 is 0 Å². The van der Waals surface area contributed by atoms with Gasteiger partial charge in [0.25, 0.3) is 5.56 Å². The number of fused-ring (bicyclic) bond motifs is 1. The highest BCUT2D eigenvalue weighted by atomic mass is 35.5. The van der Waals surface area contributed by atoms with E-state index in [9.17, 15) is 4.79 Å². The number of nitrogens with two attached hydrogens (primary N) is 1. The van der Waals surface area contributed by atoms with Gasteiger partial charge in [0.2, 0.25) is 5.95 Å². The summed E-state index contributed by atoms with van der Waals surface area (Å²) < 4.78 is 17.7.